The minimum atomic E-state index is -3.98. The van der Waals surface area contributed by atoms with E-state index in [1.165, 1.54) is 29.2 Å². The number of nitrogens with two attached hydrogens (primary N) is 1. The van der Waals surface area contributed by atoms with Crippen LogP contribution in [0.4, 0.5) is 0 Å². The van der Waals surface area contributed by atoms with Crippen molar-refractivity contribution in [3.63, 3.8) is 0 Å². The van der Waals surface area contributed by atoms with Crippen LogP contribution in [0.3, 0.4) is 0 Å². The van der Waals surface area contributed by atoms with E-state index in [2.05, 4.69) is 4.98 Å². The first-order valence-corrected chi connectivity index (χ1v) is 9.23. The van der Waals surface area contributed by atoms with Gasteiger partial charge >= 0.3 is 0 Å². The topological polar surface area (TPSA) is 106 Å². The summed E-state index contributed by atoms with van der Waals surface area (Å²) < 4.78 is 27.8. The molecular formula is C14H19N3O4S2. The molecule has 2 heterocycles. The van der Waals surface area contributed by atoms with E-state index in [9.17, 15) is 13.2 Å². The van der Waals surface area contributed by atoms with Gasteiger partial charge in [-0.25, -0.2) is 18.5 Å². The Morgan fingerprint density at radius 2 is 2.00 bits per heavy atom. The van der Waals surface area contributed by atoms with Gasteiger partial charge < -0.3 is 9.32 Å². The number of hydrogen-bond acceptors (Lipinski definition) is 6. The van der Waals surface area contributed by atoms with Crippen molar-refractivity contribution in [2.45, 2.75) is 38.8 Å². The first-order valence-electron chi connectivity index (χ1n) is 6.86. The highest BCUT2D eigenvalue weighted by molar-refractivity contribution is 7.89. The Kier molecular flexibility index (Phi) is 4.65. The Hall–Kier alpha value is -1.71. The number of rotatable bonds is 4. The second kappa shape index (κ2) is 6.06. The summed E-state index contributed by atoms with van der Waals surface area (Å²) in [4.78, 5) is 19.5. The summed E-state index contributed by atoms with van der Waals surface area (Å²) in [5.74, 6) is -0.116. The fourth-order valence-electron chi connectivity index (χ4n) is 2.28. The third kappa shape index (κ3) is 3.46. The molecule has 23 heavy (non-hydrogen) atoms. The van der Waals surface area contributed by atoms with E-state index < -0.39 is 15.1 Å². The van der Waals surface area contributed by atoms with Gasteiger partial charge in [0.05, 0.1) is 22.3 Å². The van der Waals surface area contributed by atoms with E-state index >= 15 is 0 Å². The van der Waals surface area contributed by atoms with E-state index in [4.69, 9.17) is 9.56 Å². The van der Waals surface area contributed by atoms with Crippen molar-refractivity contribution in [2.24, 2.45) is 5.14 Å². The van der Waals surface area contributed by atoms with E-state index in [0.29, 0.717) is 0 Å². The molecule has 0 aromatic carbocycles. The standard InChI is InChI=1S/C14H19N3O4S2/c1-7-13(22-10(4)16-7)8(2)17(5)14(18)11-6-12(21-9(11)3)23(15,19)20/h6,8H,1-5H3,(H2,15,19,20). The molecular weight excluding hydrogens is 338 g/mol. The number of aromatic nitrogens is 1. The number of carbonyl (C=O) groups excluding carboxylic acids is 1. The second-order valence-electron chi connectivity index (χ2n) is 5.35. The maximum atomic E-state index is 12.7. The Bertz CT molecular complexity index is 851. The van der Waals surface area contributed by atoms with Crippen LogP contribution in [0.15, 0.2) is 15.6 Å². The number of hydrogen-bond donors (Lipinski definition) is 1. The summed E-state index contributed by atoms with van der Waals surface area (Å²) in [7, 11) is -2.33. The molecule has 0 bridgehead atoms. The third-order valence-corrected chi connectivity index (χ3v) is 5.63. The second-order valence-corrected chi connectivity index (χ2v) is 8.08. The van der Waals surface area contributed by atoms with Crippen molar-refractivity contribution in [1.29, 1.82) is 0 Å². The monoisotopic (exact) mass is 357 g/mol. The molecule has 2 N–H and O–H groups in total. The number of carbonyl (C=O) groups is 1. The van der Waals surface area contributed by atoms with Crippen molar-refractivity contribution >= 4 is 27.3 Å². The normalized spacial score (nSPS) is 13.1. The molecule has 0 aliphatic carbocycles. The zero-order valence-corrected chi connectivity index (χ0v) is 15.2. The van der Waals surface area contributed by atoms with Crippen LogP contribution < -0.4 is 5.14 Å². The third-order valence-electron chi connectivity index (χ3n) is 3.63. The Morgan fingerprint density at radius 3 is 2.43 bits per heavy atom. The lowest BCUT2D eigenvalue weighted by Gasteiger charge is -2.24. The van der Waals surface area contributed by atoms with E-state index in [1.807, 2.05) is 20.8 Å². The molecule has 1 atom stereocenters. The van der Waals surface area contributed by atoms with Crippen LogP contribution in [0.1, 0.15) is 44.7 Å². The molecule has 0 radical (unpaired) electrons. The average Bonchev–Trinajstić information content (AvgIpc) is 2.98. The van der Waals surface area contributed by atoms with E-state index in [-0.39, 0.29) is 23.3 Å². The number of amides is 1. The van der Waals surface area contributed by atoms with Crippen LogP contribution in [0.5, 0.6) is 0 Å². The molecule has 1 amide bonds. The van der Waals surface area contributed by atoms with Gasteiger partial charge in [0.15, 0.2) is 0 Å². The van der Waals surface area contributed by atoms with Crippen molar-refractivity contribution in [2.75, 3.05) is 7.05 Å². The number of nitrogens with zero attached hydrogens (tertiary/aromatic N) is 2. The highest BCUT2D eigenvalue weighted by Crippen LogP contribution is 2.30. The number of primary sulfonamides is 1. The number of aryl methyl sites for hydroxylation is 3. The number of furan rings is 1. The van der Waals surface area contributed by atoms with Crippen LogP contribution in [0, 0.1) is 20.8 Å². The molecule has 126 valence electrons. The molecule has 2 aromatic rings. The minimum absolute atomic E-state index is 0.183. The molecule has 0 fully saturated rings. The van der Waals surface area contributed by atoms with Crippen LogP contribution >= 0.6 is 11.3 Å². The first-order chi connectivity index (χ1) is 10.5. The molecule has 0 spiro atoms. The lowest BCUT2D eigenvalue weighted by atomic mass is 10.1. The molecule has 1 unspecified atom stereocenters. The zero-order chi connectivity index (χ0) is 17.5. The van der Waals surface area contributed by atoms with Crippen molar-refractivity contribution < 1.29 is 17.6 Å². The quantitative estimate of drug-likeness (QED) is 0.902. The largest absolute Gasteiger partial charge is 0.448 e. The van der Waals surface area contributed by atoms with Crippen LogP contribution in [-0.2, 0) is 10.0 Å². The Labute approximate surface area is 139 Å². The van der Waals surface area contributed by atoms with Gasteiger partial charge in [-0.3, -0.25) is 4.79 Å². The SMILES string of the molecule is Cc1nc(C)c(C(C)N(C)C(=O)c2cc(S(N)(=O)=O)oc2C)s1. The molecule has 0 aliphatic heterocycles. The van der Waals surface area contributed by atoms with Gasteiger partial charge in [0, 0.05) is 18.0 Å². The summed E-state index contributed by atoms with van der Waals surface area (Å²) in [6, 6.07) is 0.974. The van der Waals surface area contributed by atoms with Gasteiger partial charge in [-0.15, -0.1) is 11.3 Å². The molecule has 0 saturated carbocycles. The van der Waals surface area contributed by atoms with Gasteiger partial charge in [-0.1, -0.05) is 0 Å². The first kappa shape index (κ1) is 17.6. The smallest absolute Gasteiger partial charge is 0.271 e. The van der Waals surface area contributed by atoms with Crippen molar-refractivity contribution in [3.05, 3.63) is 33.0 Å². The summed E-state index contributed by atoms with van der Waals surface area (Å²) in [5.41, 5.74) is 1.07. The van der Waals surface area contributed by atoms with Gasteiger partial charge in [-0.05, 0) is 27.7 Å². The zero-order valence-electron chi connectivity index (χ0n) is 13.6. The Balaban J connectivity index is 2.33. The fourth-order valence-corrected chi connectivity index (χ4v) is 3.83. The fraction of sp³-hybridized carbons (Fsp3) is 0.429. The summed E-state index contributed by atoms with van der Waals surface area (Å²) in [5, 5.41) is 5.55. The van der Waals surface area contributed by atoms with E-state index in [1.54, 1.807) is 7.05 Å². The summed E-state index contributed by atoms with van der Waals surface area (Å²) in [6.45, 7) is 7.24. The predicted molar refractivity (Wildman–Crippen MR) is 86.9 cm³/mol. The molecule has 0 aliphatic rings. The van der Waals surface area contributed by atoms with Crippen LogP contribution in [0.2, 0.25) is 0 Å². The maximum Gasteiger partial charge on any atom is 0.271 e. The van der Waals surface area contributed by atoms with Gasteiger partial charge in [0.1, 0.15) is 5.76 Å². The summed E-state index contributed by atoms with van der Waals surface area (Å²) >= 11 is 1.53. The highest BCUT2D eigenvalue weighted by atomic mass is 32.2. The predicted octanol–water partition coefficient (Wildman–Crippen LogP) is 2.14. The van der Waals surface area contributed by atoms with Crippen molar-refractivity contribution in [3.8, 4) is 0 Å². The molecule has 2 aromatic heterocycles. The maximum absolute atomic E-state index is 12.7. The number of sulfonamides is 1. The molecule has 9 heteroatoms. The van der Waals surface area contributed by atoms with E-state index in [0.717, 1.165) is 15.6 Å². The van der Waals surface area contributed by atoms with Crippen LogP contribution in [0.25, 0.3) is 0 Å². The lowest BCUT2D eigenvalue weighted by molar-refractivity contribution is 0.0742. The average molecular weight is 357 g/mol. The van der Waals surface area contributed by atoms with Crippen molar-refractivity contribution in [1.82, 2.24) is 9.88 Å². The van der Waals surface area contributed by atoms with Crippen LogP contribution in [-0.4, -0.2) is 31.3 Å². The lowest BCUT2D eigenvalue weighted by Crippen LogP contribution is -2.29. The molecule has 0 saturated heterocycles. The summed E-state index contributed by atoms with van der Waals surface area (Å²) in [6.07, 6.45) is 0. The highest BCUT2D eigenvalue weighted by Gasteiger charge is 2.27. The van der Waals surface area contributed by atoms with Gasteiger partial charge in [0.25, 0.3) is 15.9 Å². The minimum Gasteiger partial charge on any atom is -0.448 e. The Morgan fingerprint density at radius 1 is 1.39 bits per heavy atom. The molecule has 7 nitrogen and oxygen atoms in total. The molecule has 2 rings (SSSR count). The van der Waals surface area contributed by atoms with Gasteiger partial charge in [0.2, 0.25) is 5.09 Å². The number of thiazole rings is 1. The van der Waals surface area contributed by atoms with Gasteiger partial charge in [-0.2, -0.15) is 0 Å².